The zero-order chi connectivity index (χ0) is 10.7. The quantitative estimate of drug-likeness (QED) is 0.433. The third-order valence-electron chi connectivity index (χ3n) is 1.41. The summed E-state index contributed by atoms with van der Waals surface area (Å²) in [4.78, 5) is 9.47. The molecule has 1 amide bonds. The predicted molar refractivity (Wildman–Crippen MR) is 62.6 cm³/mol. The second-order valence-electron chi connectivity index (χ2n) is 2.78. The van der Waals surface area contributed by atoms with Crippen molar-refractivity contribution in [3.05, 3.63) is 12.7 Å². The average Bonchev–Trinajstić information content (AvgIpc) is 2.06. The summed E-state index contributed by atoms with van der Waals surface area (Å²) in [5.74, 6) is -0.481. The number of carbonyl (C=O) groups is 1. The van der Waals surface area contributed by atoms with Crippen molar-refractivity contribution < 1.29 is 4.79 Å². The molecule has 0 heterocycles. The average molecular weight is 222 g/mol. The zero-order valence-corrected chi connectivity index (χ0v) is 10.5. The molecule has 0 aliphatic heterocycles. The van der Waals surface area contributed by atoms with Crippen LogP contribution in [-0.4, -0.2) is 14.0 Å². The van der Waals surface area contributed by atoms with Crippen molar-refractivity contribution in [3.8, 4) is 0 Å². The Hall–Kier alpha value is -0.283. The van der Waals surface area contributed by atoms with Gasteiger partial charge in [-0.15, -0.1) is 0 Å². The highest BCUT2D eigenvalue weighted by Gasteiger charge is 2.01. The Kier molecular flexibility index (Phi) is 13.7. The number of carbonyl (C=O) groups excluding carboxylic acids is 1. The maximum atomic E-state index is 9.47. The van der Waals surface area contributed by atoms with Gasteiger partial charge < -0.3 is 5.73 Å². The minimum absolute atomic E-state index is 0.481. The largest absolute Gasteiger partial charge is 0.366 e. The SMILES string of the molecule is C=CC(N)=O.CCC[SiH](Cl)CCC. The highest BCUT2D eigenvalue weighted by atomic mass is 35.6. The van der Waals surface area contributed by atoms with Crippen LogP contribution in [0.1, 0.15) is 26.7 Å². The van der Waals surface area contributed by atoms with Gasteiger partial charge in [0.05, 0.1) is 0 Å². The van der Waals surface area contributed by atoms with Gasteiger partial charge >= 0.3 is 0 Å². The van der Waals surface area contributed by atoms with Gasteiger partial charge in [0.15, 0.2) is 0 Å². The van der Waals surface area contributed by atoms with Gasteiger partial charge in [0.1, 0.15) is 8.11 Å². The van der Waals surface area contributed by atoms with Crippen molar-refractivity contribution in [3.63, 3.8) is 0 Å². The molecule has 0 radical (unpaired) electrons. The van der Waals surface area contributed by atoms with E-state index in [1.54, 1.807) is 0 Å². The van der Waals surface area contributed by atoms with Gasteiger partial charge in [0, 0.05) is 0 Å². The van der Waals surface area contributed by atoms with Crippen LogP contribution in [-0.2, 0) is 4.79 Å². The maximum Gasteiger partial charge on any atom is 0.240 e. The molecule has 0 saturated heterocycles. The first-order valence-electron chi connectivity index (χ1n) is 4.64. The Morgan fingerprint density at radius 3 is 1.92 bits per heavy atom. The van der Waals surface area contributed by atoms with E-state index in [0.29, 0.717) is 0 Å². The normalized spacial score (nSPS) is 8.92. The highest BCUT2D eigenvalue weighted by molar-refractivity contribution is 7.06. The number of halogens is 1. The Morgan fingerprint density at radius 2 is 1.77 bits per heavy atom. The van der Waals surface area contributed by atoms with Gasteiger partial charge in [0.2, 0.25) is 5.91 Å². The molecular formula is C9H20ClNOSi. The summed E-state index contributed by atoms with van der Waals surface area (Å²) in [5, 5.41) is 0. The van der Waals surface area contributed by atoms with Crippen LogP contribution < -0.4 is 5.73 Å². The van der Waals surface area contributed by atoms with Crippen LogP contribution in [0.15, 0.2) is 12.7 Å². The molecule has 0 aromatic heterocycles. The number of primary amides is 1. The Labute approximate surface area is 87.5 Å². The van der Waals surface area contributed by atoms with Crippen LogP contribution in [0.5, 0.6) is 0 Å². The number of hydrogen-bond donors (Lipinski definition) is 1. The molecule has 13 heavy (non-hydrogen) atoms. The van der Waals surface area contributed by atoms with E-state index < -0.39 is 14.0 Å². The van der Waals surface area contributed by atoms with Crippen LogP contribution in [0.2, 0.25) is 12.1 Å². The Morgan fingerprint density at radius 1 is 1.46 bits per heavy atom. The van der Waals surface area contributed by atoms with Gasteiger partial charge in [-0.1, -0.05) is 33.3 Å². The lowest BCUT2D eigenvalue weighted by Gasteiger charge is -2.00. The topological polar surface area (TPSA) is 43.1 Å². The van der Waals surface area contributed by atoms with Crippen LogP contribution in [0.25, 0.3) is 0 Å². The first-order valence-corrected chi connectivity index (χ1v) is 8.02. The van der Waals surface area contributed by atoms with Crippen molar-refractivity contribution in [2.45, 2.75) is 38.8 Å². The van der Waals surface area contributed by atoms with Crippen LogP contribution in [0.3, 0.4) is 0 Å². The first kappa shape index (κ1) is 15.2. The van der Waals surface area contributed by atoms with E-state index >= 15 is 0 Å². The number of amides is 1. The summed E-state index contributed by atoms with van der Waals surface area (Å²) in [6, 6.07) is 2.63. The molecule has 0 atom stereocenters. The summed E-state index contributed by atoms with van der Waals surface area (Å²) in [5.41, 5.74) is 4.53. The minimum atomic E-state index is -0.730. The van der Waals surface area contributed by atoms with E-state index in [1.807, 2.05) is 0 Å². The van der Waals surface area contributed by atoms with Crippen molar-refractivity contribution in [1.82, 2.24) is 0 Å². The molecule has 0 bridgehead atoms. The molecule has 2 N–H and O–H groups in total. The maximum absolute atomic E-state index is 9.47. The highest BCUT2D eigenvalue weighted by Crippen LogP contribution is 2.08. The third kappa shape index (κ3) is 18.6. The standard InChI is InChI=1S/C6H15ClSi.C3H5NO/c1-3-5-8(7)6-4-2;1-2-3(4)5/h8H,3-6H2,1-2H3;2H,1H2,(H2,4,5). The van der Waals surface area contributed by atoms with E-state index in [1.165, 1.54) is 24.9 Å². The van der Waals surface area contributed by atoms with Crippen LogP contribution in [0, 0.1) is 0 Å². The molecule has 0 fully saturated rings. The fraction of sp³-hybridized carbons (Fsp3) is 0.667. The summed E-state index contributed by atoms with van der Waals surface area (Å²) < 4.78 is 0. The van der Waals surface area contributed by atoms with Crippen LogP contribution in [0.4, 0.5) is 0 Å². The lowest BCUT2D eigenvalue weighted by atomic mass is 10.6. The summed E-state index contributed by atoms with van der Waals surface area (Å²) in [6.45, 7) is 7.50. The fourth-order valence-electron chi connectivity index (χ4n) is 0.771. The first-order chi connectivity index (χ1) is 6.08. The van der Waals surface area contributed by atoms with Crippen molar-refractivity contribution in [2.75, 3.05) is 0 Å². The number of hydrogen-bond acceptors (Lipinski definition) is 1. The summed E-state index contributed by atoms with van der Waals surface area (Å²) in [7, 11) is -0.730. The molecule has 0 unspecified atom stereocenters. The molecule has 0 aromatic carbocycles. The lowest BCUT2D eigenvalue weighted by molar-refractivity contribution is -0.113. The molecular weight excluding hydrogens is 202 g/mol. The molecule has 4 heteroatoms. The zero-order valence-electron chi connectivity index (χ0n) is 8.55. The summed E-state index contributed by atoms with van der Waals surface area (Å²) in [6.07, 6.45) is 3.61. The number of nitrogens with two attached hydrogens (primary N) is 1. The molecule has 0 aliphatic carbocycles. The van der Waals surface area contributed by atoms with E-state index in [9.17, 15) is 4.79 Å². The molecule has 78 valence electrons. The molecule has 0 saturated carbocycles. The van der Waals surface area contributed by atoms with Gasteiger partial charge in [-0.3, -0.25) is 4.79 Å². The second-order valence-corrected chi connectivity index (χ2v) is 6.98. The lowest BCUT2D eigenvalue weighted by Crippen LogP contribution is -2.04. The fourth-order valence-corrected chi connectivity index (χ4v) is 3.62. The van der Waals surface area contributed by atoms with Gasteiger partial charge in [-0.2, -0.15) is 11.1 Å². The monoisotopic (exact) mass is 221 g/mol. The second kappa shape index (κ2) is 11.7. The van der Waals surface area contributed by atoms with Gasteiger partial charge in [0.25, 0.3) is 0 Å². The van der Waals surface area contributed by atoms with Crippen molar-refractivity contribution in [1.29, 1.82) is 0 Å². The molecule has 2 nitrogen and oxygen atoms in total. The molecule has 0 aliphatic rings. The van der Waals surface area contributed by atoms with Crippen molar-refractivity contribution >= 4 is 25.1 Å². The van der Waals surface area contributed by atoms with E-state index in [-0.39, 0.29) is 0 Å². The predicted octanol–water partition coefficient (Wildman–Crippen LogP) is 2.43. The van der Waals surface area contributed by atoms with Gasteiger partial charge in [-0.05, 0) is 18.2 Å². The number of rotatable bonds is 5. The molecule has 0 rings (SSSR count). The van der Waals surface area contributed by atoms with E-state index in [4.69, 9.17) is 11.1 Å². The minimum Gasteiger partial charge on any atom is -0.366 e. The Bertz CT molecular complexity index is 136. The summed E-state index contributed by atoms with van der Waals surface area (Å²) >= 11 is 6.02. The van der Waals surface area contributed by atoms with E-state index in [2.05, 4.69) is 26.2 Å². The Balaban J connectivity index is 0. The van der Waals surface area contributed by atoms with E-state index in [0.717, 1.165) is 6.08 Å². The molecule has 0 spiro atoms. The molecule has 0 aromatic rings. The van der Waals surface area contributed by atoms with Crippen molar-refractivity contribution in [2.24, 2.45) is 5.73 Å². The van der Waals surface area contributed by atoms with Gasteiger partial charge in [-0.25, -0.2) is 0 Å². The van der Waals surface area contributed by atoms with Crippen LogP contribution >= 0.6 is 11.1 Å². The smallest absolute Gasteiger partial charge is 0.240 e. The third-order valence-corrected chi connectivity index (χ3v) is 5.12.